The van der Waals surface area contributed by atoms with Gasteiger partial charge in [-0.1, -0.05) is 431 Å². The SMILES string of the molecule is CCCCCCCCCC/C=C\CCCCCCCCCCCCCCCCCCCCCCCCCCCCCCCC(=O)NC(CO)C(O)CCCCCCCCCCCCCCCCCCCCCCCCCCCCCCC. The Morgan fingerprint density at radius 1 is 0.280 bits per heavy atom. The summed E-state index contributed by atoms with van der Waals surface area (Å²) in [6.45, 7) is 4.42. The van der Waals surface area contributed by atoms with Gasteiger partial charge < -0.3 is 15.5 Å². The lowest BCUT2D eigenvalue weighted by Gasteiger charge is -2.22. The maximum atomic E-state index is 12.6. The number of aliphatic hydroxyl groups excluding tert-OH is 2. The highest BCUT2D eigenvalue weighted by Gasteiger charge is 2.20. The Hall–Kier alpha value is -0.870. The molecule has 4 heteroatoms. The van der Waals surface area contributed by atoms with Crippen molar-refractivity contribution in [3.63, 3.8) is 0 Å². The predicted octanol–water partition coefficient (Wildman–Crippen LogP) is 26.7. The summed E-state index contributed by atoms with van der Waals surface area (Å²) in [5, 5.41) is 23.5. The minimum Gasteiger partial charge on any atom is -0.394 e. The van der Waals surface area contributed by atoms with Crippen LogP contribution in [0.1, 0.15) is 463 Å². The smallest absolute Gasteiger partial charge is 0.220 e. The van der Waals surface area contributed by atoms with Gasteiger partial charge in [0.15, 0.2) is 0 Å². The van der Waals surface area contributed by atoms with Crippen molar-refractivity contribution in [2.75, 3.05) is 6.61 Å². The normalized spacial score (nSPS) is 12.6. The summed E-state index contributed by atoms with van der Waals surface area (Å²) in [4.78, 5) is 12.6. The van der Waals surface area contributed by atoms with Crippen molar-refractivity contribution in [3.8, 4) is 0 Å². The van der Waals surface area contributed by atoms with E-state index in [2.05, 4.69) is 31.3 Å². The summed E-state index contributed by atoms with van der Waals surface area (Å²) in [6, 6.07) is -0.534. The molecule has 4 nitrogen and oxygen atoms in total. The third-order valence-corrected chi connectivity index (χ3v) is 18.8. The number of carbonyl (C=O) groups excluding carboxylic acids is 1. The molecule has 0 bridgehead atoms. The van der Waals surface area contributed by atoms with Gasteiger partial charge in [0.2, 0.25) is 5.91 Å². The molecule has 0 aliphatic heterocycles. The predicted molar refractivity (Wildman–Crippen MR) is 369 cm³/mol. The van der Waals surface area contributed by atoms with Crippen LogP contribution in [0, 0.1) is 0 Å². The molecule has 2 atom stereocenters. The highest BCUT2D eigenvalue weighted by atomic mass is 16.3. The number of aliphatic hydroxyl groups is 2. The fourth-order valence-electron chi connectivity index (χ4n) is 12.9. The largest absolute Gasteiger partial charge is 0.394 e. The van der Waals surface area contributed by atoms with Gasteiger partial charge in [-0.25, -0.2) is 0 Å². The van der Waals surface area contributed by atoms with Gasteiger partial charge in [0.05, 0.1) is 18.8 Å². The van der Waals surface area contributed by atoms with Crippen LogP contribution in [-0.4, -0.2) is 34.9 Å². The lowest BCUT2D eigenvalue weighted by molar-refractivity contribution is -0.123. The standard InChI is InChI=1S/C78H155NO3/c1-3-5-7-9-11-13-15-17-19-21-23-25-27-29-31-33-34-35-36-37-38-39-40-41-42-43-44-46-48-50-52-54-56-58-60-62-64-66-68-70-72-74-78(82)79-76(75-80)77(81)73-71-69-67-65-63-61-59-57-55-53-51-49-47-45-32-30-28-26-24-22-20-18-16-14-12-10-8-6-4-2/h21,23,76-77,80-81H,3-20,22,24-75H2,1-2H3,(H,79,82)/b23-21-. The monoisotopic (exact) mass is 1150 g/mol. The number of hydrogen-bond acceptors (Lipinski definition) is 3. The number of nitrogens with one attached hydrogen (secondary N) is 1. The van der Waals surface area contributed by atoms with E-state index >= 15 is 0 Å². The number of rotatable bonds is 74. The number of amides is 1. The van der Waals surface area contributed by atoms with Crippen LogP contribution in [0.4, 0.5) is 0 Å². The first kappa shape index (κ1) is 81.1. The third-order valence-electron chi connectivity index (χ3n) is 18.8. The lowest BCUT2D eigenvalue weighted by Crippen LogP contribution is -2.45. The van der Waals surface area contributed by atoms with E-state index in [9.17, 15) is 15.0 Å². The van der Waals surface area contributed by atoms with Crippen LogP contribution >= 0.6 is 0 Å². The minimum absolute atomic E-state index is 0.0190. The molecule has 490 valence electrons. The number of allylic oxidation sites excluding steroid dienone is 2. The first-order chi connectivity index (χ1) is 40.7. The first-order valence-electron chi connectivity index (χ1n) is 38.9. The number of hydrogen-bond donors (Lipinski definition) is 3. The summed E-state index contributed by atoms with van der Waals surface area (Å²) < 4.78 is 0. The molecule has 1 amide bonds. The Morgan fingerprint density at radius 2 is 0.463 bits per heavy atom. The van der Waals surface area contributed by atoms with Gasteiger partial charge in [-0.2, -0.15) is 0 Å². The molecule has 0 aromatic heterocycles. The van der Waals surface area contributed by atoms with Crippen molar-refractivity contribution >= 4 is 5.91 Å². The Labute approximate surface area is 517 Å². The van der Waals surface area contributed by atoms with Crippen LogP contribution in [0.25, 0.3) is 0 Å². The molecule has 0 aromatic rings. The summed E-state index contributed by atoms with van der Waals surface area (Å²) in [7, 11) is 0. The van der Waals surface area contributed by atoms with Crippen LogP contribution in [0.2, 0.25) is 0 Å². The van der Waals surface area contributed by atoms with Crippen LogP contribution < -0.4 is 5.32 Å². The van der Waals surface area contributed by atoms with Crippen LogP contribution in [0.15, 0.2) is 12.2 Å². The van der Waals surface area contributed by atoms with Crippen molar-refractivity contribution in [2.45, 2.75) is 475 Å². The molecule has 0 fully saturated rings. The summed E-state index contributed by atoms with van der Waals surface area (Å²) >= 11 is 0. The van der Waals surface area contributed by atoms with E-state index in [1.807, 2.05) is 0 Å². The topological polar surface area (TPSA) is 69.6 Å². The van der Waals surface area contributed by atoms with Crippen molar-refractivity contribution in [1.29, 1.82) is 0 Å². The Bertz CT molecular complexity index is 1170. The molecule has 0 saturated carbocycles. The van der Waals surface area contributed by atoms with Crippen molar-refractivity contribution in [1.82, 2.24) is 5.32 Å². The van der Waals surface area contributed by atoms with Gasteiger partial charge in [0.25, 0.3) is 0 Å². The molecule has 0 heterocycles. The zero-order valence-corrected chi connectivity index (χ0v) is 56.8. The van der Waals surface area contributed by atoms with Crippen LogP contribution in [-0.2, 0) is 4.79 Å². The Morgan fingerprint density at radius 3 is 0.671 bits per heavy atom. The van der Waals surface area contributed by atoms with E-state index < -0.39 is 12.1 Å². The molecule has 0 spiro atoms. The Balaban J connectivity index is 3.34. The second kappa shape index (κ2) is 74.4. The minimum atomic E-state index is -0.658. The van der Waals surface area contributed by atoms with Crippen molar-refractivity contribution in [3.05, 3.63) is 12.2 Å². The van der Waals surface area contributed by atoms with Gasteiger partial charge in [0.1, 0.15) is 0 Å². The fraction of sp³-hybridized carbons (Fsp3) is 0.962. The number of unbranched alkanes of at least 4 members (excludes halogenated alkanes) is 65. The zero-order chi connectivity index (χ0) is 59.1. The summed E-state index contributed by atoms with van der Waals surface area (Å²) in [5.41, 5.74) is 0. The second-order valence-corrected chi connectivity index (χ2v) is 27.1. The van der Waals surface area contributed by atoms with Gasteiger partial charge in [-0.15, -0.1) is 0 Å². The second-order valence-electron chi connectivity index (χ2n) is 27.1. The molecule has 0 aliphatic carbocycles. The van der Waals surface area contributed by atoms with E-state index in [1.54, 1.807) is 0 Å². The Kier molecular flexibility index (Phi) is 73.6. The maximum absolute atomic E-state index is 12.6. The van der Waals surface area contributed by atoms with Gasteiger partial charge >= 0.3 is 0 Å². The summed E-state index contributed by atoms with van der Waals surface area (Å²) in [5.74, 6) is -0.0190. The molecular formula is C78H155NO3. The molecular weight excluding hydrogens is 999 g/mol. The van der Waals surface area contributed by atoms with Gasteiger partial charge in [0, 0.05) is 6.42 Å². The van der Waals surface area contributed by atoms with E-state index in [-0.39, 0.29) is 12.5 Å². The molecule has 0 saturated heterocycles. The molecule has 0 aliphatic rings. The molecule has 2 unspecified atom stereocenters. The van der Waals surface area contributed by atoms with Crippen molar-refractivity contribution in [2.24, 2.45) is 0 Å². The number of carbonyl (C=O) groups is 1. The highest BCUT2D eigenvalue weighted by molar-refractivity contribution is 5.76. The van der Waals surface area contributed by atoms with Gasteiger partial charge in [-0.3, -0.25) is 4.79 Å². The summed E-state index contributed by atoms with van der Waals surface area (Å²) in [6.07, 6.45) is 100. The van der Waals surface area contributed by atoms with Crippen molar-refractivity contribution < 1.29 is 15.0 Å². The van der Waals surface area contributed by atoms with E-state index in [0.29, 0.717) is 12.8 Å². The van der Waals surface area contributed by atoms with E-state index in [1.165, 1.54) is 411 Å². The maximum Gasteiger partial charge on any atom is 0.220 e. The molecule has 0 radical (unpaired) electrons. The quantitative estimate of drug-likeness (QED) is 0.0420. The third kappa shape index (κ3) is 69.9. The van der Waals surface area contributed by atoms with E-state index in [0.717, 1.165) is 25.7 Å². The fourth-order valence-corrected chi connectivity index (χ4v) is 12.9. The highest BCUT2D eigenvalue weighted by Crippen LogP contribution is 2.21. The molecule has 0 aromatic carbocycles. The lowest BCUT2D eigenvalue weighted by atomic mass is 10.0. The van der Waals surface area contributed by atoms with Gasteiger partial charge in [-0.05, 0) is 38.5 Å². The van der Waals surface area contributed by atoms with E-state index in [4.69, 9.17) is 0 Å². The average molecular weight is 1160 g/mol. The zero-order valence-electron chi connectivity index (χ0n) is 56.8. The van der Waals surface area contributed by atoms with Crippen LogP contribution in [0.5, 0.6) is 0 Å². The molecule has 82 heavy (non-hydrogen) atoms. The molecule has 0 rings (SSSR count). The average Bonchev–Trinajstić information content (AvgIpc) is 3.50. The van der Waals surface area contributed by atoms with Crippen LogP contribution in [0.3, 0.4) is 0 Å². The first-order valence-corrected chi connectivity index (χ1v) is 38.9. The molecule has 3 N–H and O–H groups in total.